The number of methoxy groups -OCH3 is 1. The summed E-state index contributed by atoms with van der Waals surface area (Å²) in [6.45, 7) is 2.42. The molecule has 0 amide bonds. The summed E-state index contributed by atoms with van der Waals surface area (Å²) in [6.07, 6.45) is 0. The van der Waals surface area contributed by atoms with Gasteiger partial charge < -0.3 is 14.0 Å². The summed E-state index contributed by atoms with van der Waals surface area (Å²) in [5, 5.41) is 10.0. The Morgan fingerprint density at radius 3 is 2.62 bits per heavy atom. The third kappa shape index (κ3) is 4.51. The third-order valence-electron chi connectivity index (χ3n) is 3.90. The molecule has 1 aromatic heterocycles. The lowest BCUT2D eigenvalue weighted by Crippen LogP contribution is -2.04. The molecule has 0 saturated carbocycles. The van der Waals surface area contributed by atoms with Gasteiger partial charge >= 0.3 is 0 Å². The zero-order valence-corrected chi connectivity index (χ0v) is 16.5. The van der Waals surface area contributed by atoms with Crippen LogP contribution < -0.4 is 9.47 Å². The maximum atomic E-state index is 5.88. The lowest BCUT2D eigenvalue weighted by Gasteiger charge is -2.09. The molecular weight excluding hydrogens is 370 g/mol. The molecule has 7 heteroatoms. The van der Waals surface area contributed by atoms with Crippen LogP contribution in [-0.2, 0) is 19.4 Å². The zero-order valence-electron chi connectivity index (χ0n) is 14.9. The lowest BCUT2D eigenvalue weighted by atomic mass is 10.1. The molecule has 0 aliphatic heterocycles. The van der Waals surface area contributed by atoms with Gasteiger partial charge in [-0.3, -0.25) is 0 Å². The average molecular weight is 390 g/mol. The van der Waals surface area contributed by atoms with Crippen LogP contribution in [0.25, 0.3) is 0 Å². The highest BCUT2D eigenvalue weighted by atomic mass is 35.5. The first-order valence-electron chi connectivity index (χ1n) is 8.10. The van der Waals surface area contributed by atoms with Gasteiger partial charge in [-0.1, -0.05) is 41.1 Å². The van der Waals surface area contributed by atoms with Crippen molar-refractivity contribution >= 4 is 23.4 Å². The molecule has 136 valence electrons. The second kappa shape index (κ2) is 8.47. The van der Waals surface area contributed by atoms with E-state index >= 15 is 0 Å². The SMILES string of the molecule is COc1ccc(C)cc1CSc1nnc(COc2ccc(Cl)cc2)n1C. The molecule has 3 rings (SSSR count). The van der Waals surface area contributed by atoms with Crippen LogP contribution in [0, 0.1) is 6.92 Å². The Balaban J connectivity index is 1.63. The lowest BCUT2D eigenvalue weighted by molar-refractivity contribution is 0.290. The van der Waals surface area contributed by atoms with Gasteiger partial charge in [0, 0.05) is 23.4 Å². The molecule has 5 nitrogen and oxygen atoms in total. The minimum absolute atomic E-state index is 0.347. The number of hydrogen-bond acceptors (Lipinski definition) is 5. The van der Waals surface area contributed by atoms with Gasteiger partial charge in [0.15, 0.2) is 11.0 Å². The Morgan fingerprint density at radius 1 is 1.12 bits per heavy atom. The number of thioether (sulfide) groups is 1. The van der Waals surface area contributed by atoms with Crippen molar-refractivity contribution in [3.05, 3.63) is 64.4 Å². The Kier molecular flexibility index (Phi) is 6.06. The van der Waals surface area contributed by atoms with Crippen LogP contribution in [0.2, 0.25) is 5.02 Å². The number of aryl methyl sites for hydroxylation is 1. The first kappa shape index (κ1) is 18.6. The molecule has 0 radical (unpaired) electrons. The highest BCUT2D eigenvalue weighted by Crippen LogP contribution is 2.28. The van der Waals surface area contributed by atoms with Crippen LogP contribution in [0.15, 0.2) is 47.6 Å². The van der Waals surface area contributed by atoms with Gasteiger partial charge in [-0.05, 0) is 37.3 Å². The first-order chi connectivity index (χ1) is 12.6. The fraction of sp³-hybridized carbons (Fsp3) is 0.263. The summed E-state index contributed by atoms with van der Waals surface area (Å²) < 4.78 is 13.1. The molecule has 0 unspecified atom stereocenters. The number of halogens is 1. The zero-order chi connectivity index (χ0) is 18.5. The average Bonchev–Trinajstić information content (AvgIpc) is 2.99. The predicted octanol–water partition coefficient (Wildman–Crippen LogP) is 4.66. The Morgan fingerprint density at radius 2 is 1.88 bits per heavy atom. The van der Waals surface area contributed by atoms with E-state index in [0.29, 0.717) is 11.6 Å². The van der Waals surface area contributed by atoms with Crippen molar-refractivity contribution in [1.82, 2.24) is 14.8 Å². The molecular formula is C19H20ClN3O2S. The number of rotatable bonds is 7. The van der Waals surface area contributed by atoms with Gasteiger partial charge in [0.05, 0.1) is 7.11 Å². The van der Waals surface area contributed by atoms with Crippen molar-refractivity contribution in [2.45, 2.75) is 24.4 Å². The van der Waals surface area contributed by atoms with Gasteiger partial charge in [-0.15, -0.1) is 10.2 Å². The van der Waals surface area contributed by atoms with E-state index in [1.807, 2.05) is 35.9 Å². The topological polar surface area (TPSA) is 49.2 Å². The number of nitrogens with zero attached hydrogens (tertiary/aromatic N) is 3. The van der Waals surface area contributed by atoms with Crippen LogP contribution in [0.4, 0.5) is 0 Å². The molecule has 3 aromatic rings. The van der Waals surface area contributed by atoms with E-state index < -0.39 is 0 Å². The quantitative estimate of drug-likeness (QED) is 0.550. The van der Waals surface area contributed by atoms with Crippen LogP contribution in [0.5, 0.6) is 11.5 Å². The minimum atomic E-state index is 0.347. The van der Waals surface area contributed by atoms with E-state index in [9.17, 15) is 0 Å². The largest absolute Gasteiger partial charge is 0.496 e. The van der Waals surface area contributed by atoms with Gasteiger partial charge in [-0.25, -0.2) is 0 Å². The summed E-state index contributed by atoms with van der Waals surface area (Å²) in [4.78, 5) is 0. The molecule has 0 fully saturated rings. The molecule has 0 spiro atoms. The maximum absolute atomic E-state index is 5.88. The summed E-state index contributed by atoms with van der Waals surface area (Å²) >= 11 is 7.50. The Labute approximate surface area is 162 Å². The van der Waals surface area contributed by atoms with Crippen molar-refractivity contribution in [3.63, 3.8) is 0 Å². The molecule has 2 aromatic carbocycles. The monoisotopic (exact) mass is 389 g/mol. The highest BCUT2D eigenvalue weighted by Gasteiger charge is 2.12. The molecule has 26 heavy (non-hydrogen) atoms. The molecule has 0 bridgehead atoms. The molecule has 0 N–H and O–H groups in total. The Hall–Kier alpha value is -2.18. The van der Waals surface area contributed by atoms with E-state index in [1.54, 1.807) is 31.0 Å². The van der Waals surface area contributed by atoms with Gasteiger partial charge in [-0.2, -0.15) is 0 Å². The van der Waals surface area contributed by atoms with E-state index in [2.05, 4.69) is 23.2 Å². The molecule has 0 aliphatic rings. The van der Waals surface area contributed by atoms with Crippen LogP contribution in [0.3, 0.4) is 0 Å². The van der Waals surface area contributed by atoms with Gasteiger partial charge in [0.25, 0.3) is 0 Å². The number of ether oxygens (including phenoxy) is 2. The van der Waals surface area contributed by atoms with E-state index in [1.165, 1.54) is 5.56 Å². The van der Waals surface area contributed by atoms with Crippen molar-refractivity contribution in [3.8, 4) is 11.5 Å². The van der Waals surface area contributed by atoms with Crippen molar-refractivity contribution in [1.29, 1.82) is 0 Å². The van der Waals surface area contributed by atoms with Crippen molar-refractivity contribution in [2.75, 3.05) is 7.11 Å². The molecule has 0 aliphatic carbocycles. The van der Waals surface area contributed by atoms with Gasteiger partial charge in [0.2, 0.25) is 0 Å². The third-order valence-corrected chi connectivity index (χ3v) is 5.22. The minimum Gasteiger partial charge on any atom is -0.496 e. The molecule has 0 saturated heterocycles. The van der Waals surface area contributed by atoms with E-state index in [-0.39, 0.29) is 0 Å². The molecule has 1 heterocycles. The molecule has 0 atom stereocenters. The number of hydrogen-bond donors (Lipinski definition) is 0. The summed E-state index contributed by atoms with van der Waals surface area (Å²) in [5.41, 5.74) is 2.34. The van der Waals surface area contributed by atoms with Gasteiger partial charge in [0.1, 0.15) is 18.1 Å². The van der Waals surface area contributed by atoms with Crippen LogP contribution in [-0.4, -0.2) is 21.9 Å². The van der Waals surface area contributed by atoms with E-state index in [4.69, 9.17) is 21.1 Å². The number of aromatic nitrogens is 3. The van der Waals surface area contributed by atoms with Crippen LogP contribution >= 0.6 is 23.4 Å². The Bertz CT molecular complexity index is 881. The number of benzene rings is 2. The van der Waals surface area contributed by atoms with Crippen molar-refractivity contribution in [2.24, 2.45) is 7.05 Å². The normalized spacial score (nSPS) is 10.8. The summed E-state index contributed by atoms with van der Waals surface area (Å²) in [5.74, 6) is 3.15. The van der Waals surface area contributed by atoms with Crippen molar-refractivity contribution < 1.29 is 9.47 Å². The first-order valence-corrected chi connectivity index (χ1v) is 9.46. The predicted molar refractivity (Wildman–Crippen MR) is 104 cm³/mol. The highest BCUT2D eigenvalue weighted by molar-refractivity contribution is 7.98. The second-order valence-electron chi connectivity index (χ2n) is 5.80. The van der Waals surface area contributed by atoms with Crippen LogP contribution in [0.1, 0.15) is 17.0 Å². The standard InChI is InChI=1S/C19H20ClN3O2S/c1-13-4-9-17(24-3)14(10-13)12-26-19-22-21-18(23(19)2)11-25-16-7-5-15(20)6-8-16/h4-10H,11-12H2,1-3H3. The summed E-state index contributed by atoms with van der Waals surface area (Å²) in [6, 6.07) is 13.4. The second-order valence-corrected chi connectivity index (χ2v) is 7.18. The fourth-order valence-electron chi connectivity index (χ4n) is 2.44. The van der Waals surface area contributed by atoms with E-state index in [0.717, 1.165) is 33.8 Å². The maximum Gasteiger partial charge on any atom is 0.191 e. The summed E-state index contributed by atoms with van der Waals surface area (Å²) in [7, 11) is 3.63. The smallest absolute Gasteiger partial charge is 0.191 e. The fourth-order valence-corrected chi connectivity index (χ4v) is 3.47.